The zero-order valence-corrected chi connectivity index (χ0v) is 17.5. The van der Waals surface area contributed by atoms with Gasteiger partial charge in [-0.25, -0.2) is 0 Å². The molecule has 2 bridgehead atoms. The number of rotatable bonds is 5. The van der Waals surface area contributed by atoms with E-state index in [9.17, 15) is 13.2 Å². The van der Waals surface area contributed by atoms with Gasteiger partial charge in [-0.05, 0) is 45.4 Å². The van der Waals surface area contributed by atoms with Crippen LogP contribution in [0.15, 0.2) is 10.6 Å². The first-order valence-corrected chi connectivity index (χ1v) is 12.1. The van der Waals surface area contributed by atoms with Crippen molar-refractivity contribution in [2.75, 3.05) is 19.6 Å². The van der Waals surface area contributed by atoms with Gasteiger partial charge in [0, 0.05) is 55.8 Å². The molecule has 29 heavy (non-hydrogen) atoms. The lowest BCUT2D eigenvalue weighted by Gasteiger charge is -2.41. The van der Waals surface area contributed by atoms with Gasteiger partial charge in [0.25, 0.3) is 16.1 Å². The molecule has 2 N–H and O–H groups in total. The maximum atomic E-state index is 13.2. The summed E-state index contributed by atoms with van der Waals surface area (Å²) in [6.07, 6.45) is 5.47. The number of hydrogen-bond donors (Lipinski definition) is 2. The quantitative estimate of drug-likeness (QED) is 0.726. The number of hydrogen-bond acceptors (Lipinski definition) is 6. The first-order chi connectivity index (χ1) is 13.9. The van der Waals surface area contributed by atoms with Gasteiger partial charge in [-0.1, -0.05) is 5.16 Å². The maximum absolute atomic E-state index is 13.2. The number of carbonyl (C=O) groups is 1. The van der Waals surface area contributed by atoms with E-state index in [4.69, 9.17) is 4.52 Å². The normalized spacial score (nSPS) is 33.7. The summed E-state index contributed by atoms with van der Waals surface area (Å²) in [5.41, 5.74) is 0.311. The molecule has 1 saturated carbocycles. The number of carbonyl (C=O) groups excluding carboxylic acids is 1. The van der Waals surface area contributed by atoms with Crippen molar-refractivity contribution in [1.82, 2.24) is 24.4 Å². The Morgan fingerprint density at radius 3 is 2.59 bits per heavy atom. The molecule has 0 radical (unpaired) electrons. The van der Waals surface area contributed by atoms with Crippen molar-refractivity contribution in [2.24, 2.45) is 0 Å². The summed E-state index contributed by atoms with van der Waals surface area (Å²) < 4.78 is 34.9. The molecule has 1 aromatic heterocycles. The van der Waals surface area contributed by atoms with Crippen LogP contribution in [0, 0.1) is 0 Å². The monoisotopic (exact) mass is 423 g/mol. The highest BCUT2D eigenvalue weighted by Crippen LogP contribution is 2.40. The Kier molecular flexibility index (Phi) is 4.92. The molecule has 3 aliphatic heterocycles. The molecule has 9 nitrogen and oxygen atoms in total. The van der Waals surface area contributed by atoms with Gasteiger partial charge in [0.1, 0.15) is 5.76 Å². The molecule has 4 atom stereocenters. The number of fused-ring (bicyclic) bond motifs is 2. The number of aromatic nitrogens is 1. The highest BCUT2D eigenvalue weighted by molar-refractivity contribution is 7.86. The van der Waals surface area contributed by atoms with Crippen LogP contribution in [0.5, 0.6) is 0 Å². The molecule has 4 heterocycles. The first kappa shape index (κ1) is 19.5. The zero-order valence-electron chi connectivity index (χ0n) is 16.7. The van der Waals surface area contributed by atoms with Crippen LogP contribution in [0.3, 0.4) is 0 Å². The predicted molar refractivity (Wildman–Crippen MR) is 106 cm³/mol. The van der Waals surface area contributed by atoms with E-state index in [0.717, 1.165) is 31.4 Å². The van der Waals surface area contributed by atoms with Crippen LogP contribution in [-0.4, -0.2) is 71.9 Å². The summed E-state index contributed by atoms with van der Waals surface area (Å²) in [5, 5.41) is 10.4. The van der Waals surface area contributed by atoms with Crippen LogP contribution in [-0.2, 0) is 10.2 Å². The fourth-order valence-electron chi connectivity index (χ4n) is 4.93. The van der Waals surface area contributed by atoms with Gasteiger partial charge in [-0.15, -0.1) is 0 Å². The molecule has 0 spiro atoms. The minimum absolute atomic E-state index is 0.0655. The Balaban J connectivity index is 1.19. The molecule has 5 rings (SSSR count). The average Bonchev–Trinajstić information content (AvgIpc) is 3.32. The molecule has 0 aromatic carbocycles. The number of nitrogens with zero attached hydrogens (tertiary/aromatic N) is 3. The van der Waals surface area contributed by atoms with E-state index >= 15 is 0 Å². The average molecular weight is 424 g/mol. The van der Waals surface area contributed by atoms with Gasteiger partial charge in [-0.3, -0.25) is 4.79 Å². The molecule has 10 heteroatoms. The molecule has 3 saturated heterocycles. The lowest BCUT2D eigenvalue weighted by Crippen LogP contribution is -2.59. The van der Waals surface area contributed by atoms with Gasteiger partial charge >= 0.3 is 0 Å². The van der Waals surface area contributed by atoms with Crippen molar-refractivity contribution in [1.29, 1.82) is 0 Å². The molecule has 1 aliphatic carbocycles. The summed E-state index contributed by atoms with van der Waals surface area (Å²) in [6.45, 7) is 3.45. The van der Waals surface area contributed by atoms with E-state index in [1.807, 2.05) is 6.92 Å². The van der Waals surface area contributed by atoms with Crippen LogP contribution in [0.2, 0.25) is 0 Å². The topological polar surface area (TPSA) is 108 Å². The number of amides is 1. The Bertz CT molecular complexity index is 871. The minimum atomic E-state index is -3.48. The largest absolute Gasteiger partial charge is 0.360 e. The van der Waals surface area contributed by atoms with Gasteiger partial charge < -0.3 is 15.2 Å². The van der Waals surface area contributed by atoms with E-state index in [-0.39, 0.29) is 30.1 Å². The summed E-state index contributed by atoms with van der Waals surface area (Å²) in [4.78, 5) is 12.5. The van der Waals surface area contributed by atoms with Crippen molar-refractivity contribution < 1.29 is 17.7 Å². The van der Waals surface area contributed by atoms with Crippen LogP contribution in [0.4, 0.5) is 0 Å². The third kappa shape index (κ3) is 3.83. The lowest BCUT2D eigenvalue weighted by molar-refractivity contribution is 0.0903. The second-order valence-corrected chi connectivity index (χ2v) is 10.9. The standard InChI is InChI=1S/C19H29N5O4S/c1-12-8-14(21-19(25)17-9-18(28-22-17)13-2-3-13)6-7-24(12)29(26,27)23-10-15-4-5-16(11-23)20-15/h9,12-16,20H,2-8,10-11H2,1H3,(H,21,25)/t12-,14-,15?,16?/m0/s1. The number of nitrogens with one attached hydrogen (secondary N) is 2. The predicted octanol–water partition coefficient (Wildman–Crippen LogP) is 0.816. The van der Waals surface area contributed by atoms with E-state index in [1.165, 1.54) is 0 Å². The molecular weight excluding hydrogens is 394 g/mol. The molecule has 4 fully saturated rings. The van der Waals surface area contributed by atoms with Crippen molar-refractivity contribution in [3.05, 3.63) is 17.5 Å². The van der Waals surface area contributed by atoms with Crippen LogP contribution in [0.25, 0.3) is 0 Å². The number of piperazine rings is 1. The van der Waals surface area contributed by atoms with E-state index in [0.29, 0.717) is 44.1 Å². The second-order valence-electron chi connectivity index (χ2n) is 9.01. The molecule has 1 amide bonds. The molecular formula is C19H29N5O4S. The highest BCUT2D eigenvalue weighted by Gasteiger charge is 2.43. The van der Waals surface area contributed by atoms with Crippen molar-refractivity contribution in [3.63, 3.8) is 0 Å². The Hall–Kier alpha value is -1.49. The van der Waals surface area contributed by atoms with Gasteiger partial charge in [0.05, 0.1) is 0 Å². The van der Waals surface area contributed by atoms with E-state index < -0.39 is 10.2 Å². The third-order valence-electron chi connectivity index (χ3n) is 6.70. The Morgan fingerprint density at radius 1 is 1.21 bits per heavy atom. The Labute approximate surface area is 171 Å². The molecule has 4 aliphatic rings. The van der Waals surface area contributed by atoms with Gasteiger partial charge in [0.2, 0.25) is 0 Å². The third-order valence-corrected chi connectivity index (χ3v) is 8.78. The maximum Gasteiger partial charge on any atom is 0.282 e. The van der Waals surface area contributed by atoms with E-state index in [1.54, 1.807) is 14.7 Å². The summed E-state index contributed by atoms with van der Waals surface area (Å²) >= 11 is 0. The van der Waals surface area contributed by atoms with E-state index in [2.05, 4.69) is 15.8 Å². The van der Waals surface area contributed by atoms with Crippen molar-refractivity contribution in [2.45, 2.75) is 75.5 Å². The number of piperidine rings is 1. The smallest absolute Gasteiger partial charge is 0.282 e. The molecule has 1 aromatic rings. The Morgan fingerprint density at radius 2 is 1.93 bits per heavy atom. The van der Waals surface area contributed by atoms with Gasteiger partial charge in [-0.2, -0.15) is 17.0 Å². The summed E-state index contributed by atoms with van der Waals surface area (Å²) in [6, 6.07) is 2.06. The molecule has 160 valence electrons. The van der Waals surface area contributed by atoms with Crippen LogP contribution >= 0.6 is 0 Å². The van der Waals surface area contributed by atoms with Crippen molar-refractivity contribution >= 4 is 16.1 Å². The SMILES string of the molecule is C[C@H]1C[C@@H](NC(=O)c2cc(C3CC3)on2)CCN1S(=O)(=O)N1CC2CCC(C1)N2. The second kappa shape index (κ2) is 7.33. The minimum Gasteiger partial charge on any atom is -0.360 e. The molecule has 2 unspecified atom stereocenters. The summed E-state index contributed by atoms with van der Waals surface area (Å²) in [5.74, 6) is 0.958. The lowest BCUT2D eigenvalue weighted by atomic mass is 10.0. The van der Waals surface area contributed by atoms with Crippen molar-refractivity contribution in [3.8, 4) is 0 Å². The van der Waals surface area contributed by atoms with Crippen LogP contribution in [0.1, 0.15) is 67.6 Å². The fraction of sp³-hybridized carbons (Fsp3) is 0.789. The highest BCUT2D eigenvalue weighted by atomic mass is 32.2. The first-order valence-electron chi connectivity index (χ1n) is 10.7. The van der Waals surface area contributed by atoms with Gasteiger partial charge in [0.15, 0.2) is 5.69 Å². The fourth-order valence-corrected chi connectivity index (χ4v) is 6.84. The zero-order chi connectivity index (χ0) is 20.2. The summed E-state index contributed by atoms with van der Waals surface area (Å²) in [7, 11) is -3.48. The van der Waals surface area contributed by atoms with Crippen LogP contribution < -0.4 is 10.6 Å².